The second kappa shape index (κ2) is 12.2. The zero-order valence-corrected chi connectivity index (χ0v) is 14.7. The zero-order chi connectivity index (χ0) is 17.0. The van der Waals surface area contributed by atoms with Crippen molar-refractivity contribution >= 4 is 11.9 Å². The molecule has 0 N–H and O–H groups in total. The number of carbonyl (C=O) groups excluding carboxylic acids is 2. The monoisotopic (exact) mass is 313 g/mol. The van der Waals surface area contributed by atoms with Crippen LogP contribution in [0.25, 0.3) is 0 Å². The first-order valence-corrected chi connectivity index (χ1v) is 8.01. The molecule has 0 heterocycles. The minimum Gasteiger partial charge on any atom is -0.469 e. The lowest BCUT2D eigenvalue weighted by Gasteiger charge is -2.24. The van der Waals surface area contributed by atoms with Gasteiger partial charge in [0.25, 0.3) is 0 Å². The van der Waals surface area contributed by atoms with Crippen LogP contribution in [0.5, 0.6) is 0 Å². The van der Waals surface area contributed by atoms with E-state index in [0.717, 1.165) is 31.4 Å². The average molecular weight is 313 g/mol. The largest absolute Gasteiger partial charge is 0.469 e. The number of allylic oxidation sites excluding steroid dienone is 1. The first kappa shape index (κ1) is 20.6. The minimum absolute atomic E-state index is 0.0655. The molecular formula is C17H31NO4. The molecule has 0 aliphatic rings. The number of carbonyl (C=O) groups is 2. The Bertz CT molecular complexity index is 362. The number of rotatable bonds is 11. The molecule has 0 saturated carbocycles. The standard InChI is InChI=1S/C17H31NO4/c1-6-7-10-22-11-8-9-18(16(19)12-14(2)3)13-15(4)17(20)21-5/h12,15H,6-11,13H2,1-5H3. The molecule has 0 aliphatic heterocycles. The molecule has 0 aromatic heterocycles. The Kier molecular flexibility index (Phi) is 11.5. The summed E-state index contributed by atoms with van der Waals surface area (Å²) in [7, 11) is 1.36. The SMILES string of the molecule is CCCCOCCCN(CC(C)C(=O)OC)C(=O)C=C(C)C. The Labute approximate surface area is 134 Å². The van der Waals surface area contributed by atoms with Gasteiger partial charge in [-0.15, -0.1) is 0 Å². The highest BCUT2D eigenvalue weighted by Crippen LogP contribution is 2.06. The van der Waals surface area contributed by atoms with Crippen molar-refractivity contribution in [1.82, 2.24) is 4.90 Å². The fraction of sp³-hybridized carbons (Fsp3) is 0.765. The highest BCUT2D eigenvalue weighted by Gasteiger charge is 2.20. The smallest absolute Gasteiger partial charge is 0.310 e. The van der Waals surface area contributed by atoms with Crippen LogP contribution in [0.2, 0.25) is 0 Å². The molecule has 0 bridgehead atoms. The Balaban J connectivity index is 4.43. The van der Waals surface area contributed by atoms with Crippen LogP contribution in [0.4, 0.5) is 0 Å². The predicted molar refractivity (Wildman–Crippen MR) is 87.5 cm³/mol. The second-order valence-electron chi connectivity index (χ2n) is 5.75. The van der Waals surface area contributed by atoms with Gasteiger partial charge in [-0.3, -0.25) is 9.59 Å². The van der Waals surface area contributed by atoms with Gasteiger partial charge < -0.3 is 14.4 Å². The van der Waals surface area contributed by atoms with Gasteiger partial charge in [0.15, 0.2) is 0 Å². The number of nitrogens with zero attached hydrogens (tertiary/aromatic N) is 1. The summed E-state index contributed by atoms with van der Waals surface area (Å²) in [6.07, 6.45) is 4.53. The minimum atomic E-state index is -0.333. The summed E-state index contributed by atoms with van der Waals surface area (Å²) in [5.41, 5.74) is 0.944. The maximum absolute atomic E-state index is 12.2. The predicted octanol–water partition coefficient (Wildman–Crippen LogP) is 2.80. The van der Waals surface area contributed by atoms with E-state index in [2.05, 4.69) is 6.92 Å². The molecule has 0 radical (unpaired) electrons. The molecule has 22 heavy (non-hydrogen) atoms. The van der Waals surface area contributed by atoms with Crippen molar-refractivity contribution in [3.8, 4) is 0 Å². The Morgan fingerprint density at radius 3 is 2.36 bits per heavy atom. The fourth-order valence-corrected chi connectivity index (χ4v) is 1.94. The van der Waals surface area contributed by atoms with E-state index in [1.165, 1.54) is 7.11 Å². The van der Waals surface area contributed by atoms with Crippen LogP contribution in [0, 0.1) is 5.92 Å². The summed E-state index contributed by atoms with van der Waals surface area (Å²) in [6, 6.07) is 0. The number of esters is 1. The van der Waals surface area contributed by atoms with Gasteiger partial charge in [-0.1, -0.05) is 25.8 Å². The molecule has 0 spiro atoms. The van der Waals surface area contributed by atoms with E-state index in [-0.39, 0.29) is 17.8 Å². The normalized spacial score (nSPS) is 11.7. The maximum Gasteiger partial charge on any atom is 0.310 e. The van der Waals surface area contributed by atoms with Crippen LogP contribution in [0.15, 0.2) is 11.6 Å². The van der Waals surface area contributed by atoms with Crippen LogP contribution in [0.1, 0.15) is 47.0 Å². The van der Waals surface area contributed by atoms with Crippen molar-refractivity contribution in [1.29, 1.82) is 0 Å². The van der Waals surface area contributed by atoms with E-state index < -0.39 is 0 Å². The van der Waals surface area contributed by atoms with Crippen molar-refractivity contribution < 1.29 is 19.1 Å². The lowest BCUT2D eigenvalue weighted by atomic mass is 10.1. The van der Waals surface area contributed by atoms with Crippen molar-refractivity contribution in [2.75, 3.05) is 33.4 Å². The van der Waals surface area contributed by atoms with Gasteiger partial charge in [0.2, 0.25) is 5.91 Å². The van der Waals surface area contributed by atoms with Gasteiger partial charge in [0.05, 0.1) is 13.0 Å². The van der Waals surface area contributed by atoms with Crippen LogP contribution in [0.3, 0.4) is 0 Å². The Hall–Kier alpha value is -1.36. The van der Waals surface area contributed by atoms with Gasteiger partial charge in [-0.2, -0.15) is 0 Å². The molecule has 1 unspecified atom stereocenters. The molecular weight excluding hydrogens is 282 g/mol. The van der Waals surface area contributed by atoms with E-state index >= 15 is 0 Å². The first-order chi connectivity index (χ1) is 10.4. The van der Waals surface area contributed by atoms with E-state index in [0.29, 0.717) is 19.7 Å². The summed E-state index contributed by atoms with van der Waals surface area (Å²) in [4.78, 5) is 25.5. The summed E-state index contributed by atoms with van der Waals surface area (Å²) < 4.78 is 10.2. The van der Waals surface area contributed by atoms with Gasteiger partial charge in [-0.05, 0) is 26.7 Å². The van der Waals surface area contributed by atoms with Crippen molar-refractivity contribution in [2.24, 2.45) is 5.92 Å². The van der Waals surface area contributed by atoms with Gasteiger partial charge in [0, 0.05) is 32.4 Å². The number of hydrogen-bond acceptors (Lipinski definition) is 4. The second-order valence-corrected chi connectivity index (χ2v) is 5.75. The number of methoxy groups -OCH3 is 1. The van der Waals surface area contributed by atoms with E-state index in [1.54, 1.807) is 17.9 Å². The number of amides is 1. The third-order valence-corrected chi connectivity index (χ3v) is 3.18. The lowest BCUT2D eigenvalue weighted by molar-refractivity contribution is -0.146. The van der Waals surface area contributed by atoms with Gasteiger partial charge >= 0.3 is 5.97 Å². The van der Waals surface area contributed by atoms with Crippen LogP contribution >= 0.6 is 0 Å². The fourth-order valence-electron chi connectivity index (χ4n) is 1.94. The highest BCUT2D eigenvalue weighted by molar-refractivity contribution is 5.88. The van der Waals surface area contributed by atoms with Crippen LogP contribution < -0.4 is 0 Å². The average Bonchev–Trinajstić information content (AvgIpc) is 2.47. The quantitative estimate of drug-likeness (QED) is 0.334. The van der Waals surface area contributed by atoms with E-state index in [4.69, 9.17) is 9.47 Å². The van der Waals surface area contributed by atoms with Crippen molar-refractivity contribution in [2.45, 2.75) is 47.0 Å². The first-order valence-electron chi connectivity index (χ1n) is 8.01. The molecule has 0 aromatic carbocycles. The third kappa shape index (κ3) is 9.55. The molecule has 0 fully saturated rings. The Morgan fingerprint density at radius 2 is 1.82 bits per heavy atom. The molecule has 128 valence electrons. The molecule has 5 nitrogen and oxygen atoms in total. The number of ether oxygens (including phenoxy) is 2. The van der Waals surface area contributed by atoms with Crippen LogP contribution in [-0.4, -0.2) is 50.2 Å². The summed E-state index contributed by atoms with van der Waals surface area (Å²) in [5, 5.41) is 0. The van der Waals surface area contributed by atoms with Crippen molar-refractivity contribution in [3.05, 3.63) is 11.6 Å². The van der Waals surface area contributed by atoms with E-state index in [9.17, 15) is 9.59 Å². The molecule has 1 amide bonds. The third-order valence-electron chi connectivity index (χ3n) is 3.18. The van der Waals surface area contributed by atoms with Crippen molar-refractivity contribution in [3.63, 3.8) is 0 Å². The number of hydrogen-bond donors (Lipinski definition) is 0. The molecule has 0 saturated heterocycles. The highest BCUT2D eigenvalue weighted by atomic mass is 16.5. The summed E-state index contributed by atoms with van der Waals surface area (Å²) in [6.45, 7) is 9.99. The lowest BCUT2D eigenvalue weighted by Crippen LogP contribution is -2.37. The Morgan fingerprint density at radius 1 is 1.18 bits per heavy atom. The van der Waals surface area contributed by atoms with E-state index in [1.807, 2.05) is 13.8 Å². The van der Waals surface area contributed by atoms with Crippen LogP contribution in [-0.2, 0) is 19.1 Å². The molecule has 0 rings (SSSR count). The molecule has 0 aliphatic carbocycles. The molecule has 5 heteroatoms. The maximum atomic E-state index is 12.2. The molecule has 0 aromatic rings. The topological polar surface area (TPSA) is 55.8 Å². The zero-order valence-electron chi connectivity index (χ0n) is 14.7. The van der Waals surface area contributed by atoms with Gasteiger partial charge in [0.1, 0.15) is 0 Å². The van der Waals surface area contributed by atoms with Gasteiger partial charge in [-0.25, -0.2) is 0 Å². The summed E-state index contributed by atoms with van der Waals surface area (Å²) in [5.74, 6) is -0.695. The summed E-state index contributed by atoms with van der Waals surface area (Å²) >= 11 is 0. The number of unbranched alkanes of at least 4 members (excludes halogenated alkanes) is 1. The molecule has 1 atom stereocenters.